The lowest BCUT2D eigenvalue weighted by Gasteiger charge is -2.16. The molecular formula is C67H44N4O2. The van der Waals surface area contributed by atoms with Gasteiger partial charge in [0.15, 0.2) is 0 Å². The van der Waals surface area contributed by atoms with Gasteiger partial charge in [-0.2, -0.15) is 0 Å². The van der Waals surface area contributed by atoms with Gasteiger partial charge in [0.25, 0.3) is 0 Å². The van der Waals surface area contributed by atoms with Gasteiger partial charge >= 0.3 is 0 Å². The summed E-state index contributed by atoms with van der Waals surface area (Å²) in [7, 11) is 1.73. The van der Waals surface area contributed by atoms with Crippen molar-refractivity contribution in [2.24, 2.45) is 0 Å². The zero-order valence-electron chi connectivity index (χ0n) is 39.8. The third-order valence-corrected chi connectivity index (χ3v) is 14.9. The fraction of sp³-hybridized carbons (Fsp3) is 0.0149. The molecule has 0 atom stereocenters. The molecule has 0 aliphatic heterocycles. The van der Waals surface area contributed by atoms with Crippen LogP contribution < -0.4 is 9.47 Å². The molecule has 0 radical (unpaired) electrons. The van der Waals surface area contributed by atoms with E-state index in [9.17, 15) is 0 Å². The highest BCUT2D eigenvalue weighted by Crippen LogP contribution is 2.45. The fourth-order valence-corrected chi connectivity index (χ4v) is 11.9. The van der Waals surface area contributed by atoms with E-state index in [-0.39, 0.29) is 0 Å². The number of hydrogen-bond donors (Lipinski definition) is 0. The van der Waals surface area contributed by atoms with E-state index < -0.39 is 0 Å². The van der Waals surface area contributed by atoms with E-state index >= 15 is 0 Å². The van der Waals surface area contributed by atoms with E-state index in [1.807, 2.05) is 30.3 Å². The van der Waals surface area contributed by atoms with Gasteiger partial charge in [0.2, 0.25) is 0 Å². The minimum Gasteiger partial charge on any atom is -0.497 e. The van der Waals surface area contributed by atoms with Gasteiger partial charge in [-0.15, -0.1) is 0 Å². The molecule has 0 saturated carbocycles. The minimum absolute atomic E-state index is 0.789. The number of rotatable bonds is 8. The van der Waals surface area contributed by atoms with Crippen LogP contribution in [0.25, 0.3) is 121 Å². The fourth-order valence-electron chi connectivity index (χ4n) is 11.9. The molecule has 0 amide bonds. The van der Waals surface area contributed by atoms with Crippen LogP contribution in [0.4, 0.5) is 0 Å². The Hall–Kier alpha value is -9.78. The molecule has 0 unspecified atom stereocenters. The molecule has 0 aliphatic carbocycles. The zero-order valence-corrected chi connectivity index (χ0v) is 39.8. The standard InChI is InChI=1S/C67H44N4O2/c1-72-46-35-38-59-53(41-46)49-23-9-13-27-56(49)70(59)63-32-17-31-62-67(63)52-25-11-15-29-58(52)69(62)55-26-12-8-22-48(55)43-34-37-50-54-42-47(73-45-20-6-3-7-21-45)36-39-60(54)71(65(50)40-43)64-33-16-30-61-66(64)51-24-10-14-28-57(51)68(61)44-18-4-2-5-19-44/h2-42H,1H3. The largest absolute Gasteiger partial charge is 0.497 e. The lowest BCUT2D eigenvalue weighted by Crippen LogP contribution is -1.99. The normalized spacial score (nSPS) is 11.9. The topological polar surface area (TPSA) is 38.2 Å². The van der Waals surface area contributed by atoms with Crippen molar-refractivity contribution in [3.05, 3.63) is 249 Å². The molecule has 11 aromatic carbocycles. The lowest BCUT2D eigenvalue weighted by molar-refractivity contribution is 0.415. The number of ether oxygens (including phenoxy) is 2. The highest BCUT2D eigenvalue weighted by molar-refractivity contribution is 6.19. The summed E-state index contributed by atoms with van der Waals surface area (Å²) in [4.78, 5) is 0. The van der Waals surface area contributed by atoms with Crippen molar-refractivity contribution in [2.45, 2.75) is 0 Å². The maximum absolute atomic E-state index is 6.51. The first-order chi connectivity index (χ1) is 36.2. The highest BCUT2D eigenvalue weighted by atomic mass is 16.5. The number of hydrogen-bond acceptors (Lipinski definition) is 2. The van der Waals surface area contributed by atoms with Gasteiger partial charge < -0.3 is 27.7 Å². The Labute approximate surface area is 419 Å². The van der Waals surface area contributed by atoms with E-state index in [2.05, 4.69) is 237 Å². The van der Waals surface area contributed by atoms with Gasteiger partial charge in [0, 0.05) is 54.3 Å². The van der Waals surface area contributed by atoms with Crippen LogP contribution in [0, 0.1) is 0 Å². The maximum atomic E-state index is 6.51. The summed E-state index contributed by atoms with van der Waals surface area (Å²) in [5.41, 5.74) is 15.8. The van der Waals surface area contributed by atoms with Gasteiger partial charge in [-0.05, 0) is 121 Å². The van der Waals surface area contributed by atoms with E-state index in [0.29, 0.717) is 0 Å². The number of nitrogens with zero attached hydrogens (tertiary/aromatic N) is 4. The maximum Gasteiger partial charge on any atom is 0.128 e. The second-order valence-electron chi connectivity index (χ2n) is 18.8. The molecule has 344 valence electrons. The predicted molar refractivity (Wildman–Crippen MR) is 302 cm³/mol. The summed E-state index contributed by atoms with van der Waals surface area (Å²) in [5, 5.41) is 9.38. The first-order valence-corrected chi connectivity index (χ1v) is 24.8. The molecular weight excluding hydrogens is 893 g/mol. The van der Waals surface area contributed by atoms with Crippen molar-refractivity contribution >= 4 is 87.2 Å². The Morgan fingerprint density at radius 2 is 0.740 bits per heavy atom. The van der Waals surface area contributed by atoms with Gasteiger partial charge in [-0.3, -0.25) is 0 Å². The first-order valence-electron chi connectivity index (χ1n) is 24.8. The molecule has 15 rings (SSSR count). The number of aromatic nitrogens is 4. The van der Waals surface area contributed by atoms with Gasteiger partial charge in [0.1, 0.15) is 17.2 Å². The zero-order chi connectivity index (χ0) is 48.1. The van der Waals surface area contributed by atoms with Crippen LogP contribution >= 0.6 is 0 Å². The van der Waals surface area contributed by atoms with Crippen LogP contribution in [-0.4, -0.2) is 25.4 Å². The molecule has 0 bridgehead atoms. The van der Waals surface area contributed by atoms with Crippen molar-refractivity contribution in [1.82, 2.24) is 18.3 Å². The highest BCUT2D eigenvalue weighted by Gasteiger charge is 2.24. The third-order valence-electron chi connectivity index (χ3n) is 14.9. The van der Waals surface area contributed by atoms with Crippen LogP contribution in [0.5, 0.6) is 17.2 Å². The summed E-state index contributed by atoms with van der Waals surface area (Å²) >= 11 is 0. The number of fused-ring (bicyclic) bond motifs is 12. The monoisotopic (exact) mass is 936 g/mol. The third kappa shape index (κ3) is 6.17. The lowest BCUT2D eigenvalue weighted by atomic mass is 10.0. The molecule has 6 heteroatoms. The molecule has 0 fully saturated rings. The van der Waals surface area contributed by atoms with Crippen molar-refractivity contribution in [3.63, 3.8) is 0 Å². The summed E-state index contributed by atoms with van der Waals surface area (Å²) in [6, 6.07) is 89.3. The first kappa shape index (κ1) is 41.0. The second kappa shape index (κ2) is 16.1. The molecule has 73 heavy (non-hydrogen) atoms. The van der Waals surface area contributed by atoms with Gasteiger partial charge in [0.05, 0.1) is 68.3 Å². The summed E-state index contributed by atoms with van der Waals surface area (Å²) in [6.45, 7) is 0. The molecule has 4 heterocycles. The number of methoxy groups -OCH3 is 1. The Morgan fingerprint density at radius 1 is 0.274 bits per heavy atom. The van der Waals surface area contributed by atoms with Gasteiger partial charge in [-0.25, -0.2) is 0 Å². The molecule has 0 N–H and O–H groups in total. The van der Waals surface area contributed by atoms with Crippen molar-refractivity contribution in [3.8, 4) is 51.1 Å². The van der Waals surface area contributed by atoms with Crippen LogP contribution in [0.15, 0.2) is 249 Å². The van der Waals surface area contributed by atoms with E-state index in [1.54, 1.807) is 7.11 Å². The number of benzene rings is 11. The molecule has 15 aromatic rings. The Kier molecular flexibility index (Phi) is 9.07. The van der Waals surface area contributed by atoms with Crippen LogP contribution in [0.3, 0.4) is 0 Å². The Bertz CT molecular complexity index is 4690. The minimum atomic E-state index is 0.789. The molecule has 6 nitrogen and oxygen atoms in total. The average Bonchev–Trinajstić information content (AvgIpc) is 4.21. The SMILES string of the molecule is COc1ccc2c(c1)c1ccccc1n2-c1cccc2c1c1ccccc1n2-c1ccccc1-c1ccc2c3cc(Oc4ccccc4)ccc3n(-c3cccc4c3c3ccccc3n4-c3ccccc3)c2c1. The Morgan fingerprint density at radius 3 is 1.42 bits per heavy atom. The van der Waals surface area contributed by atoms with E-state index in [0.717, 1.165) is 111 Å². The molecule has 4 aromatic heterocycles. The molecule has 0 saturated heterocycles. The van der Waals surface area contributed by atoms with Crippen molar-refractivity contribution < 1.29 is 9.47 Å². The van der Waals surface area contributed by atoms with Crippen LogP contribution in [0.2, 0.25) is 0 Å². The predicted octanol–water partition coefficient (Wildman–Crippen LogP) is 17.5. The van der Waals surface area contributed by atoms with E-state index in [1.165, 1.54) is 26.9 Å². The van der Waals surface area contributed by atoms with Crippen molar-refractivity contribution in [1.29, 1.82) is 0 Å². The van der Waals surface area contributed by atoms with Crippen LogP contribution in [-0.2, 0) is 0 Å². The molecule has 0 spiro atoms. The smallest absolute Gasteiger partial charge is 0.128 e. The summed E-state index contributed by atoms with van der Waals surface area (Å²) in [5.74, 6) is 2.43. The quantitative estimate of drug-likeness (QED) is 0.152. The van der Waals surface area contributed by atoms with Gasteiger partial charge in [-0.1, -0.05) is 133 Å². The van der Waals surface area contributed by atoms with Crippen LogP contribution in [0.1, 0.15) is 0 Å². The van der Waals surface area contributed by atoms with Crippen molar-refractivity contribution in [2.75, 3.05) is 7.11 Å². The summed E-state index contributed by atoms with van der Waals surface area (Å²) < 4.78 is 22.0. The summed E-state index contributed by atoms with van der Waals surface area (Å²) in [6.07, 6.45) is 0. The average molecular weight is 937 g/mol. The second-order valence-corrected chi connectivity index (χ2v) is 18.8. The Balaban J connectivity index is 0.979. The molecule has 0 aliphatic rings. The number of para-hydroxylation sites is 6. The van der Waals surface area contributed by atoms with E-state index in [4.69, 9.17) is 9.47 Å².